The molecule has 0 heterocycles. The van der Waals surface area contributed by atoms with Gasteiger partial charge in [-0.05, 0) is 92.3 Å². The molecule has 0 aromatic heterocycles. The molecular weight excluding hydrogens is 291 g/mol. The zero-order valence-corrected chi connectivity index (χ0v) is 15.1. The van der Waals surface area contributed by atoms with E-state index in [4.69, 9.17) is 0 Å². The Morgan fingerprint density at radius 2 is 1.68 bits per heavy atom. The van der Waals surface area contributed by atoms with Crippen LogP contribution in [0, 0.1) is 34.5 Å². The van der Waals surface area contributed by atoms with Crippen molar-refractivity contribution in [2.24, 2.45) is 34.5 Å². The van der Waals surface area contributed by atoms with Crippen LogP contribution in [0.4, 0.5) is 0 Å². The van der Waals surface area contributed by atoms with Gasteiger partial charge in [0.15, 0.2) is 0 Å². The van der Waals surface area contributed by atoms with Crippen molar-refractivity contribution in [1.29, 1.82) is 0 Å². The lowest BCUT2D eigenvalue weighted by Gasteiger charge is -2.60. The molecule has 2 unspecified atom stereocenters. The first kappa shape index (κ1) is 15.4. The summed E-state index contributed by atoms with van der Waals surface area (Å²) in [5, 5.41) is 0. The number of hydrogen-bond acceptors (Lipinski definition) is 2. The normalized spacial score (nSPS) is 54.2. The maximum atomic E-state index is 11.4. The molecule has 0 aromatic rings. The molecule has 4 aliphatic rings. The minimum atomic E-state index is -2.21. The highest BCUT2D eigenvalue weighted by molar-refractivity contribution is 7.31. The van der Waals surface area contributed by atoms with Gasteiger partial charge in [-0.25, -0.2) is 9.13 Å². The zero-order valence-electron chi connectivity index (χ0n) is 14.2. The van der Waals surface area contributed by atoms with E-state index in [0.717, 1.165) is 37.0 Å². The molecule has 0 N–H and O–H groups in total. The van der Waals surface area contributed by atoms with E-state index in [1.165, 1.54) is 44.9 Å². The first-order valence-electron chi connectivity index (χ1n) is 9.57. The third-order valence-electron chi connectivity index (χ3n) is 8.72. The summed E-state index contributed by atoms with van der Waals surface area (Å²) in [6.45, 7) is 5.09. The van der Waals surface area contributed by atoms with Gasteiger partial charge in [0.2, 0.25) is 0 Å². The summed E-state index contributed by atoms with van der Waals surface area (Å²) in [5.41, 5.74) is 1.05. The molecule has 0 saturated heterocycles. The number of rotatable bonds is 1. The fraction of sp³-hybridized carbons (Fsp3) is 1.00. The molecule has 4 fully saturated rings. The van der Waals surface area contributed by atoms with Crippen LogP contribution in [0.3, 0.4) is 0 Å². The van der Waals surface area contributed by atoms with Gasteiger partial charge in [0.25, 0.3) is 0 Å². The second-order valence-electron chi connectivity index (χ2n) is 9.46. The van der Waals surface area contributed by atoms with Crippen LogP contribution in [-0.2, 0) is 9.13 Å². The second kappa shape index (κ2) is 5.20. The topological polar surface area (TPSA) is 34.1 Å². The summed E-state index contributed by atoms with van der Waals surface area (Å²) >= 11 is 0. The van der Waals surface area contributed by atoms with Gasteiger partial charge in [0.05, 0.1) is 5.66 Å². The highest BCUT2D eigenvalue weighted by atomic mass is 31.1. The molecule has 0 bridgehead atoms. The Balaban J connectivity index is 1.59. The Morgan fingerprint density at radius 1 is 0.864 bits per heavy atom. The molecular formula is C19H31O2P. The van der Waals surface area contributed by atoms with Crippen molar-refractivity contribution < 1.29 is 9.13 Å². The molecule has 124 valence electrons. The molecule has 4 rings (SSSR count). The highest BCUT2D eigenvalue weighted by Crippen LogP contribution is 2.66. The van der Waals surface area contributed by atoms with Crippen LogP contribution in [0.25, 0.3) is 0 Å². The molecule has 0 spiro atoms. The summed E-state index contributed by atoms with van der Waals surface area (Å²) in [5.74, 6) is 3.47. The fourth-order valence-electron chi connectivity index (χ4n) is 7.42. The van der Waals surface area contributed by atoms with E-state index >= 15 is 0 Å². The molecule has 4 saturated carbocycles. The lowest BCUT2D eigenvalue weighted by atomic mass is 9.45. The van der Waals surface area contributed by atoms with Gasteiger partial charge < -0.3 is 0 Å². The molecule has 0 aromatic carbocycles. The van der Waals surface area contributed by atoms with Gasteiger partial charge in [-0.1, -0.05) is 20.3 Å². The van der Waals surface area contributed by atoms with Crippen molar-refractivity contribution in [2.45, 2.75) is 83.7 Å². The highest BCUT2D eigenvalue weighted by Gasteiger charge is 2.58. The van der Waals surface area contributed by atoms with Crippen LogP contribution in [0.2, 0.25) is 0 Å². The Bertz CT molecular complexity index is 520. The van der Waals surface area contributed by atoms with Crippen LogP contribution in [0.1, 0.15) is 78.1 Å². The molecule has 0 aliphatic heterocycles. The van der Waals surface area contributed by atoms with Crippen LogP contribution in [-0.4, -0.2) is 5.66 Å². The summed E-state index contributed by atoms with van der Waals surface area (Å²) < 4.78 is 22.9. The first-order valence-corrected chi connectivity index (χ1v) is 10.8. The van der Waals surface area contributed by atoms with Gasteiger partial charge in [0, 0.05) is 0 Å². The van der Waals surface area contributed by atoms with Crippen molar-refractivity contribution >= 4 is 7.68 Å². The standard InChI is InChI=1S/C19H31O2P/c1-18-9-3-4-16(18)15-6-5-13-12-14(22(20)21)7-11-19(13,2)17(15)8-10-18/h13-17H,3-12H2,1-2H3/t13?,14?,15-,16-,17+,18-,19-/m0/s1. The minimum Gasteiger partial charge on any atom is -0.237 e. The van der Waals surface area contributed by atoms with Crippen molar-refractivity contribution in [3.05, 3.63) is 0 Å². The SMILES string of the molecule is C[C@@]12CCC[C@H]1[C@@H]1CCC3CC(P(=O)=O)CC[C@]3(C)[C@@H]1CC2. The molecule has 3 heteroatoms. The lowest BCUT2D eigenvalue weighted by Crippen LogP contribution is -2.52. The smallest absolute Gasteiger partial charge is 0.237 e. The Morgan fingerprint density at radius 3 is 2.45 bits per heavy atom. The summed E-state index contributed by atoms with van der Waals surface area (Å²) in [7, 11) is -2.21. The van der Waals surface area contributed by atoms with Gasteiger partial charge in [-0.2, -0.15) is 0 Å². The minimum absolute atomic E-state index is 0.0232. The second-order valence-corrected chi connectivity index (χ2v) is 10.8. The lowest BCUT2D eigenvalue weighted by molar-refractivity contribution is -0.102. The maximum Gasteiger partial charge on any atom is 0.318 e. The average Bonchev–Trinajstić information content (AvgIpc) is 2.88. The van der Waals surface area contributed by atoms with Crippen LogP contribution < -0.4 is 0 Å². The molecule has 4 aliphatic carbocycles. The maximum absolute atomic E-state index is 11.4. The quantitative estimate of drug-likeness (QED) is 0.558. The monoisotopic (exact) mass is 322 g/mol. The van der Waals surface area contributed by atoms with E-state index in [0.29, 0.717) is 16.7 Å². The van der Waals surface area contributed by atoms with Gasteiger partial charge in [-0.3, -0.25) is 0 Å². The van der Waals surface area contributed by atoms with Gasteiger partial charge in [-0.15, -0.1) is 0 Å². The summed E-state index contributed by atoms with van der Waals surface area (Å²) in [6.07, 6.45) is 12.9. The Labute approximate surface area is 135 Å². The zero-order chi connectivity index (χ0) is 15.5. The predicted octanol–water partition coefficient (Wildman–Crippen LogP) is 5.96. The summed E-state index contributed by atoms with van der Waals surface area (Å²) in [4.78, 5) is 0. The molecule has 0 radical (unpaired) electrons. The van der Waals surface area contributed by atoms with Crippen LogP contribution in [0.15, 0.2) is 0 Å². The van der Waals surface area contributed by atoms with E-state index in [1.807, 2.05) is 0 Å². The van der Waals surface area contributed by atoms with E-state index in [9.17, 15) is 9.13 Å². The van der Waals surface area contributed by atoms with E-state index < -0.39 is 7.68 Å². The predicted molar refractivity (Wildman–Crippen MR) is 88.4 cm³/mol. The third kappa shape index (κ3) is 2.12. The van der Waals surface area contributed by atoms with Crippen molar-refractivity contribution in [2.75, 3.05) is 0 Å². The largest absolute Gasteiger partial charge is 0.318 e. The first-order chi connectivity index (χ1) is 10.4. The Hall–Kier alpha value is -0.100. The van der Waals surface area contributed by atoms with Gasteiger partial charge in [0.1, 0.15) is 0 Å². The molecule has 0 amide bonds. The van der Waals surface area contributed by atoms with Crippen molar-refractivity contribution in [1.82, 2.24) is 0 Å². The molecule has 22 heavy (non-hydrogen) atoms. The van der Waals surface area contributed by atoms with Gasteiger partial charge >= 0.3 is 7.68 Å². The molecule has 2 nitrogen and oxygen atoms in total. The number of hydrogen-bond donors (Lipinski definition) is 0. The summed E-state index contributed by atoms with van der Waals surface area (Å²) in [6, 6.07) is 0. The fourth-order valence-corrected chi connectivity index (χ4v) is 8.19. The van der Waals surface area contributed by atoms with E-state index in [1.54, 1.807) is 0 Å². The van der Waals surface area contributed by atoms with Crippen molar-refractivity contribution in [3.63, 3.8) is 0 Å². The van der Waals surface area contributed by atoms with Crippen LogP contribution >= 0.6 is 7.68 Å². The Kier molecular flexibility index (Phi) is 3.65. The average molecular weight is 322 g/mol. The van der Waals surface area contributed by atoms with E-state index in [-0.39, 0.29) is 5.66 Å². The van der Waals surface area contributed by atoms with Crippen LogP contribution in [0.5, 0.6) is 0 Å². The third-order valence-corrected chi connectivity index (χ3v) is 9.78. The molecule has 7 atom stereocenters. The van der Waals surface area contributed by atoms with Crippen molar-refractivity contribution in [3.8, 4) is 0 Å². The number of fused-ring (bicyclic) bond motifs is 5. The van der Waals surface area contributed by atoms with E-state index in [2.05, 4.69) is 13.8 Å².